The fraction of sp³-hybridized carbons (Fsp3) is 1.00. The summed E-state index contributed by atoms with van der Waals surface area (Å²) in [5.41, 5.74) is -0.0294. The number of ether oxygens (including phenoxy) is 1. The van der Waals surface area contributed by atoms with Crippen LogP contribution in [0.4, 0.5) is 0 Å². The maximum Gasteiger partial charge on any atom is 0.0641 e. The van der Waals surface area contributed by atoms with Crippen LogP contribution >= 0.6 is 0 Å². The Balaban J connectivity index is 1.39. The predicted octanol–water partition coefficient (Wildman–Crippen LogP) is 6.35. The number of rotatable bonds is 7. The first kappa shape index (κ1) is 24.0. The molecule has 180 valence electrons. The van der Waals surface area contributed by atoms with Gasteiger partial charge in [-0.3, -0.25) is 0 Å². The van der Waals surface area contributed by atoms with Crippen molar-refractivity contribution in [2.45, 2.75) is 122 Å². The summed E-state index contributed by atoms with van der Waals surface area (Å²) < 4.78 is 5.18. The zero-order chi connectivity index (χ0) is 22.5. The zero-order valence-corrected chi connectivity index (χ0v) is 21.1. The minimum atomic E-state index is -0.582. The van der Waals surface area contributed by atoms with Gasteiger partial charge < -0.3 is 14.9 Å². The maximum absolute atomic E-state index is 10.7. The average molecular weight is 435 g/mol. The third-order valence-corrected chi connectivity index (χ3v) is 11.3. The first-order valence-electron chi connectivity index (χ1n) is 13.4. The molecule has 0 unspecified atom stereocenters. The fourth-order valence-electron chi connectivity index (χ4n) is 9.19. The molecule has 4 saturated carbocycles. The van der Waals surface area contributed by atoms with Crippen molar-refractivity contribution in [3.8, 4) is 0 Å². The van der Waals surface area contributed by atoms with Crippen molar-refractivity contribution in [1.82, 2.24) is 0 Å². The molecule has 0 aromatic rings. The van der Waals surface area contributed by atoms with Crippen molar-refractivity contribution in [2.75, 3.05) is 13.7 Å². The minimum absolute atomic E-state index is 0.427. The molecule has 0 spiro atoms. The molecule has 0 bridgehead atoms. The van der Waals surface area contributed by atoms with Gasteiger partial charge in [-0.1, -0.05) is 20.3 Å². The maximum atomic E-state index is 10.7. The van der Waals surface area contributed by atoms with Crippen molar-refractivity contribution >= 4 is 0 Å². The molecule has 3 heteroatoms. The molecular weight excluding hydrogens is 384 g/mol. The number of methoxy groups -OCH3 is 1. The van der Waals surface area contributed by atoms with Crippen LogP contribution in [0.25, 0.3) is 0 Å². The van der Waals surface area contributed by atoms with E-state index in [1.54, 1.807) is 7.11 Å². The Morgan fingerprint density at radius 2 is 1.65 bits per heavy atom. The molecule has 0 heterocycles. The van der Waals surface area contributed by atoms with Gasteiger partial charge in [0.2, 0.25) is 0 Å². The van der Waals surface area contributed by atoms with Crippen LogP contribution in [-0.2, 0) is 4.74 Å². The highest BCUT2D eigenvalue weighted by atomic mass is 16.5. The van der Waals surface area contributed by atoms with Crippen molar-refractivity contribution in [3.63, 3.8) is 0 Å². The number of hydrogen-bond acceptors (Lipinski definition) is 3. The van der Waals surface area contributed by atoms with Crippen LogP contribution in [0.2, 0.25) is 0 Å². The van der Waals surface area contributed by atoms with E-state index in [2.05, 4.69) is 20.8 Å². The van der Waals surface area contributed by atoms with Crippen LogP contribution in [0, 0.1) is 40.4 Å². The van der Waals surface area contributed by atoms with Gasteiger partial charge in [0, 0.05) is 13.7 Å². The highest BCUT2D eigenvalue weighted by Crippen LogP contribution is 2.68. The summed E-state index contributed by atoms with van der Waals surface area (Å²) >= 11 is 0. The molecule has 0 amide bonds. The highest BCUT2D eigenvalue weighted by Gasteiger charge is 2.60. The Morgan fingerprint density at radius 1 is 0.903 bits per heavy atom. The van der Waals surface area contributed by atoms with Gasteiger partial charge >= 0.3 is 0 Å². The largest absolute Gasteiger partial charge is 0.390 e. The number of hydrogen-bond donors (Lipinski definition) is 2. The summed E-state index contributed by atoms with van der Waals surface area (Å²) in [7, 11) is 1.72. The molecule has 4 aliphatic rings. The second-order valence-electron chi connectivity index (χ2n) is 13.3. The molecule has 0 aromatic heterocycles. The molecule has 0 saturated heterocycles. The first-order valence-corrected chi connectivity index (χ1v) is 13.4. The number of fused-ring (bicyclic) bond motifs is 5. The van der Waals surface area contributed by atoms with Crippen molar-refractivity contribution in [2.24, 2.45) is 40.4 Å². The van der Waals surface area contributed by atoms with Gasteiger partial charge in [-0.15, -0.1) is 0 Å². The summed E-state index contributed by atoms with van der Waals surface area (Å²) in [4.78, 5) is 0. The Hall–Kier alpha value is -0.120. The lowest BCUT2D eigenvalue weighted by Crippen LogP contribution is -2.55. The molecule has 9 atom stereocenters. The second kappa shape index (κ2) is 8.58. The first-order chi connectivity index (χ1) is 14.5. The van der Waals surface area contributed by atoms with Crippen molar-refractivity contribution < 1.29 is 14.9 Å². The normalized spacial score (nSPS) is 49.1. The third kappa shape index (κ3) is 4.50. The summed E-state index contributed by atoms with van der Waals surface area (Å²) in [6.45, 7) is 9.94. The second-order valence-corrected chi connectivity index (χ2v) is 13.3. The topological polar surface area (TPSA) is 49.7 Å². The third-order valence-electron chi connectivity index (χ3n) is 11.3. The summed E-state index contributed by atoms with van der Waals surface area (Å²) in [5, 5.41) is 21.4. The molecular formula is C28H50O3. The molecule has 2 N–H and O–H groups in total. The molecule has 3 nitrogen and oxygen atoms in total. The van der Waals surface area contributed by atoms with Crippen molar-refractivity contribution in [3.05, 3.63) is 0 Å². The van der Waals surface area contributed by atoms with Crippen LogP contribution in [0.1, 0.15) is 111 Å². The highest BCUT2D eigenvalue weighted by molar-refractivity contribution is 5.10. The SMILES string of the molecule is COCC[C@@](C)(O)CCC[C@H]1CC[C@H]2[C@@H]3CC[C@H]4C[C@@](C)(O)CC[C@]4(C)[C@H]3CC[C@]12C. The quantitative estimate of drug-likeness (QED) is 0.490. The summed E-state index contributed by atoms with van der Waals surface area (Å²) in [5.74, 6) is 4.28. The Kier molecular flexibility index (Phi) is 6.65. The van der Waals surface area contributed by atoms with E-state index in [1.165, 1.54) is 51.4 Å². The predicted molar refractivity (Wildman–Crippen MR) is 127 cm³/mol. The van der Waals surface area contributed by atoms with Crippen LogP contribution in [-0.4, -0.2) is 35.1 Å². The molecule has 0 aliphatic heterocycles. The zero-order valence-electron chi connectivity index (χ0n) is 21.1. The van der Waals surface area contributed by atoms with Gasteiger partial charge in [-0.25, -0.2) is 0 Å². The van der Waals surface area contributed by atoms with Crippen LogP contribution in [0.3, 0.4) is 0 Å². The monoisotopic (exact) mass is 434 g/mol. The van der Waals surface area contributed by atoms with E-state index in [0.29, 0.717) is 17.4 Å². The van der Waals surface area contributed by atoms with Gasteiger partial charge in [0.1, 0.15) is 0 Å². The van der Waals surface area contributed by atoms with Crippen LogP contribution in [0.5, 0.6) is 0 Å². The standard InChI is InChI=1S/C28H50O3/c1-25(29,17-18-31-5)13-6-7-20-9-11-23-22-10-8-21-19-26(2,30)15-16-28(21,4)24(22)12-14-27(20,23)3/h20-24,29-30H,6-19H2,1-5H3/t20-,21-,22-,23-,24-,25-,26-,27+,28-/m0/s1. The Morgan fingerprint density at radius 3 is 2.39 bits per heavy atom. The lowest BCUT2D eigenvalue weighted by Gasteiger charge is -2.62. The summed E-state index contributed by atoms with van der Waals surface area (Å²) in [6.07, 6.45) is 15.7. The Bertz CT molecular complexity index is 628. The van der Waals surface area contributed by atoms with Crippen molar-refractivity contribution in [1.29, 1.82) is 0 Å². The van der Waals surface area contributed by atoms with E-state index >= 15 is 0 Å². The van der Waals surface area contributed by atoms with Gasteiger partial charge in [-0.05, 0) is 131 Å². The molecule has 4 rings (SSSR count). The Labute approximate surface area is 191 Å². The molecule has 0 aromatic carbocycles. The average Bonchev–Trinajstić information content (AvgIpc) is 3.03. The molecule has 0 radical (unpaired) electrons. The lowest BCUT2D eigenvalue weighted by atomic mass is 9.44. The lowest BCUT2D eigenvalue weighted by molar-refractivity contribution is -0.146. The van der Waals surface area contributed by atoms with Gasteiger partial charge in [0.25, 0.3) is 0 Å². The number of aliphatic hydroxyl groups is 2. The smallest absolute Gasteiger partial charge is 0.0641 e. The molecule has 4 fully saturated rings. The van der Waals surface area contributed by atoms with Crippen LogP contribution < -0.4 is 0 Å². The van der Waals surface area contributed by atoms with E-state index < -0.39 is 11.2 Å². The van der Waals surface area contributed by atoms with Gasteiger partial charge in [-0.2, -0.15) is 0 Å². The molecule has 31 heavy (non-hydrogen) atoms. The van der Waals surface area contributed by atoms with E-state index in [4.69, 9.17) is 4.74 Å². The van der Waals surface area contributed by atoms with E-state index in [1.807, 2.05) is 6.92 Å². The minimum Gasteiger partial charge on any atom is -0.390 e. The van der Waals surface area contributed by atoms with E-state index in [0.717, 1.165) is 61.7 Å². The van der Waals surface area contributed by atoms with E-state index in [9.17, 15) is 10.2 Å². The van der Waals surface area contributed by atoms with Crippen LogP contribution in [0.15, 0.2) is 0 Å². The van der Waals surface area contributed by atoms with Gasteiger partial charge in [0.05, 0.1) is 11.2 Å². The van der Waals surface area contributed by atoms with E-state index in [-0.39, 0.29) is 0 Å². The summed E-state index contributed by atoms with van der Waals surface area (Å²) in [6, 6.07) is 0. The molecule has 4 aliphatic carbocycles. The van der Waals surface area contributed by atoms with Gasteiger partial charge in [0.15, 0.2) is 0 Å². The fourth-order valence-corrected chi connectivity index (χ4v) is 9.19.